The van der Waals surface area contributed by atoms with Gasteiger partial charge in [-0.2, -0.15) is 0 Å². The summed E-state index contributed by atoms with van der Waals surface area (Å²) in [4.78, 5) is 27.3. The Hall–Kier alpha value is -2.94. The molecular weight excluding hydrogens is 568 g/mol. The van der Waals surface area contributed by atoms with E-state index in [2.05, 4.69) is 55.7 Å². The number of fused-ring (bicyclic) bond motifs is 1. The maximum atomic E-state index is 14.1. The number of aromatic nitrogens is 1. The van der Waals surface area contributed by atoms with Crippen molar-refractivity contribution in [1.82, 2.24) is 14.8 Å². The van der Waals surface area contributed by atoms with Gasteiger partial charge in [0.1, 0.15) is 6.61 Å². The number of aryl methyl sites for hydroxylation is 2. The van der Waals surface area contributed by atoms with Crippen molar-refractivity contribution in [3.8, 4) is 5.88 Å². The van der Waals surface area contributed by atoms with Crippen LogP contribution in [0.1, 0.15) is 82.7 Å². The van der Waals surface area contributed by atoms with Crippen LogP contribution in [0.25, 0.3) is 0 Å². The van der Waals surface area contributed by atoms with E-state index in [0.717, 1.165) is 66.2 Å². The summed E-state index contributed by atoms with van der Waals surface area (Å²) in [6, 6.07) is 13.5. The van der Waals surface area contributed by atoms with Crippen LogP contribution < -0.4 is 9.64 Å². The number of nitrogens with zero attached hydrogens (tertiary/aromatic N) is 4. The Bertz CT molecular complexity index is 1440. The number of amides is 1. The fraction of sp³-hybridized carbons (Fsp3) is 0.556. The summed E-state index contributed by atoms with van der Waals surface area (Å²) in [6.45, 7) is 16.3. The van der Waals surface area contributed by atoms with Gasteiger partial charge in [0.05, 0.1) is 23.2 Å². The zero-order valence-electron chi connectivity index (χ0n) is 27.1. The number of carbonyl (C=O) groups excluding carboxylic acids is 1. The van der Waals surface area contributed by atoms with Crippen LogP contribution in [0.4, 0.5) is 5.00 Å². The molecule has 0 unspecified atom stereocenters. The number of hydrogen-bond acceptors (Lipinski definition) is 7. The number of carbonyl (C=O) groups is 1. The first kappa shape index (κ1) is 31.1. The summed E-state index contributed by atoms with van der Waals surface area (Å²) in [5, 5.41) is 1.30. The van der Waals surface area contributed by atoms with E-state index >= 15 is 0 Å². The molecule has 236 valence electrons. The normalized spacial score (nSPS) is 20.8. The quantitative estimate of drug-likeness (QED) is 0.239. The van der Waals surface area contributed by atoms with Crippen molar-refractivity contribution < 1.29 is 14.3 Å². The predicted molar refractivity (Wildman–Crippen MR) is 178 cm³/mol. The first-order valence-electron chi connectivity index (χ1n) is 16.5. The lowest BCUT2D eigenvalue weighted by molar-refractivity contribution is -0.0738. The largest absolute Gasteiger partial charge is 0.473 e. The lowest BCUT2D eigenvalue weighted by Gasteiger charge is -2.47. The Morgan fingerprint density at radius 2 is 1.80 bits per heavy atom. The van der Waals surface area contributed by atoms with Gasteiger partial charge in [-0.15, -0.1) is 11.3 Å². The van der Waals surface area contributed by atoms with Crippen LogP contribution in [0.5, 0.6) is 5.88 Å². The minimum absolute atomic E-state index is 0.140. The van der Waals surface area contributed by atoms with Gasteiger partial charge in [-0.3, -0.25) is 9.69 Å². The van der Waals surface area contributed by atoms with E-state index in [-0.39, 0.29) is 5.91 Å². The molecule has 6 rings (SSSR count). The van der Waals surface area contributed by atoms with Gasteiger partial charge >= 0.3 is 0 Å². The third-order valence-corrected chi connectivity index (χ3v) is 11.2. The summed E-state index contributed by atoms with van der Waals surface area (Å²) >= 11 is 1.86. The highest BCUT2D eigenvalue weighted by Crippen LogP contribution is 2.42. The zero-order valence-corrected chi connectivity index (χ0v) is 27.9. The van der Waals surface area contributed by atoms with Crippen molar-refractivity contribution in [3.63, 3.8) is 0 Å². The molecule has 7 nitrogen and oxygen atoms in total. The number of hydrogen-bond donors (Lipinski definition) is 0. The standard InChI is InChI=1S/C36H48N4O3S/c1-6-40(29-15-13-28(14-16-29)39-20-30(21-39)42-7-2)36-26(5)33-32(44-36)17-18-38(35(33)41)22-31-24(3)19-25(4)37-34(31)43-23-27-11-9-8-10-12-27/h8-12,19,28-30H,6-7,13-18,20-23H2,1-5H3/t28-,29-. The highest BCUT2D eigenvalue weighted by molar-refractivity contribution is 7.16. The zero-order chi connectivity index (χ0) is 30.8. The van der Waals surface area contributed by atoms with Gasteiger partial charge in [0.25, 0.3) is 5.91 Å². The number of thiophene rings is 1. The van der Waals surface area contributed by atoms with Crippen molar-refractivity contribution in [2.45, 2.75) is 98.1 Å². The summed E-state index contributed by atoms with van der Waals surface area (Å²) in [5.74, 6) is 0.772. The third-order valence-electron chi connectivity index (χ3n) is 9.81. The van der Waals surface area contributed by atoms with Crippen LogP contribution in [-0.4, -0.2) is 71.7 Å². The number of pyridine rings is 1. The molecule has 1 saturated heterocycles. The molecule has 0 N–H and O–H groups in total. The third kappa shape index (κ3) is 6.40. The molecule has 2 aliphatic heterocycles. The second-order valence-corrected chi connectivity index (χ2v) is 13.8. The monoisotopic (exact) mass is 616 g/mol. The molecular formula is C36H48N4O3S. The van der Waals surface area contributed by atoms with E-state index in [1.54, 1.807) is 0 Å². The lowest BCUT2D eigenvalue weighted by Crippen LogP contribution is -2.57. The van der Waals surface area contributed by atoms with Crippen LogP contribution in [0.15, 0.2) is 36.4 Å². The minimum atomic E-state index is 0.140. The molecule has 0 spiro atoms. The molecule has 8 heteroatoms. The molecule has 2 aromatic heterocycles. The van der Waals surface area contributed by atoms with E-state index < -0.39 is 0 Å². The Kier molecular flexibility index (Phi) is 9.59. The number of benzene rings is 1. The van der Waals surface area contributed by atoms with Crippen LogP contribution in [0.3, 0.4) is 0 Å². The molecule has 44 heavy (non-hydrogen) atoms. The van der Waals surface area contributed by atoms with Crippen molar-refractivity contribution >= 4 is 22.2 Å². The molecule has 1 amide bonds. The first-order chi connectivity index (χ1) is 21.4. The fourth-order valence-electron chi connectivity index (χ4n) is 7.41. The summed E-state index contributed by atoms with van der Waals surface area (Å²) in [5.41, 5.74) is 6.22. The molecule has 4 heterocycles. The van der Waals surface area contributed by atoms with Gasteiger partial charge < -0.3 is 19.3 Å². The van der Waals surface area contributed by atoms with Crippen LogP contribution >= 0.6 is 11.3 Å². The number of likely N-dealkylation sites (tertiary alicyclic amines) is 1. The smallest absolute Gasteiger partial charge is 0.255 e. The van der Waals surface area contributed by atoms with Gasteiger partial charge in [0.2, 0.25) is 5.88 Å². The van der Waals surface area contributed by atoms with Gasteiger partial charge in [0.15, 0.2) is 0 Å². The van der Waals surface area contributed by atoms with Crippen LogP contribution in [-0.2, 0) is 24.3 Å². The maximum absolute atomic E-state index is 14.1. The van der Waals surface area contributed by atoms with E-state index in [1.807, 2.05) is 41.4 Å². The van der Waals surface area contributed by atoms with E-state index in [1.165, 1.54) is 35.6 Å². The van der Waals surface area contributed by atoms with Crippen molar-refractivity contribution in [2.24, 2.45) is 0 Å². The van der Waals surface area contributed by atoms with Gasteiger partial charge in [-0.05, 0) is 83.1 Å². The van der Waals surface area contributed by atoms with Crippen LogP contribution in [0.2, 0.25) is 0 Å². The Balaban J connectivity index is 1.14. The van der Waals surface area contributed by atoms with Gasteiger partial charge in [-0.25, -0.2) is 4.98 Å². The molecule has 0 radical (unpaired) electrons. The SMILES string of the molecule is CCOC1CN([C@H]2CC[C@H](N(CC)c3sc4c(c3C)C(=O)N(Cc3c(C)cc(C)nc3OCc3ccccc3)CC4)CC2)C1. The van der Waals surface area contributed by atoms with Crippen molar-refractivity contribution in [2.75, 3.05) is 37.7 Å². The predicted octanol–water partition coefficient (Wildman–Crippen LogP) is 6.70. The van der Waals surface area contributed by atoms with Gasteiger partial charge in [-0.1, -0.05) is 30.3 Å². The Labute approximate surface area is 267 Å². The minimum Gasteiger partial charge on any atom is -0.473 e. The van der Waals surface area contributed by atoms with E-state index in [9.17, 15) is 4.79 Å². The molecule has 3 aromatic rings. The fourth-order valence-corrected chi connectivity index (χ4v) is 8.83. The molecule has 1 aromatic carbocycles. The van der Waals surface area contributed by atoms with E-state index in [4.69, 9.17) is 14.5 Å². The highest BCUT2D eigenvalue weighted by Gasteiger charge is 2.37. The molecule has 1 saturated carbocycles. The number of ether oxygens (including phenoxy) is 2. The number of rotatable bonds is 11. The summed E-state index contributed by atoms with van der Waals surface area (Å²) < 4.78 is 12.0. The first-order valence-corrected chi connectivity index (χ1v) is 17.4. The molecule has 3 aliphatic rings. The summed E-state index contributed by atoms with van der Waals surface area (Å²) in [6.07, 6.45) is 6.24. The van der Waals surface area contributed by atoms with E-state index in [0.29, 0.717) is 43.8 Å². The molecule has 0 bridgehead atoms. The lowest BCUT2D eigenvalue weighted by atomic mass is 9.87. The van der Waals surface area contributed by atoms with Crippen molar-refractivity contribution in [3.05, 3.63) is 74.8 Å². The topological polar surface area (TPSA) is 58.1 Å². The molecule has 0 atom stereocenters. The molecule has 2 fully saturated rings. The second kappa shape index (κ2) is 13.6. The second-order valence-electron chi connectivity index (χ2n) is 12.7. The van der Waals surface area contributed by atoms with Crippen LogP contribution in [0, 0.1) is 20.8 Å². The average Bonchev–Trinajstić information content (AvgIpc) is 3.34. The van der Waals surface area contributed by atoms with Gasteiger partial charge in [0, 0.05) is 67.4 Å². The maximum Gasteiger partial charge on any atom is 0.255 e. The highest BCUT2D eigenvalue weighted by atomic mass is 32.1. The van der Waals surface area contributed by atoms with Crippen molar-refractivity contribution in [1.29, 1.82) is 0 Å². The Morgan fingerprint density at radius 1 is 1.05 bits per heavy atom. The average molecular weight is 617 g/mol. The molecule has 1 aliphatic carbocycles. The number of anilines is 1. The summed E-state index contributed by atoms with van der Waals surface area (Å²) in [7, 11) is 0. The Morgan fingerprint density at radius 3 is 2.50 bits per heavy atom.